The standard InChI is InChI=1S/C16H20N2O5S/c1-3-23-12-6-4-5-11(7-12)16-18(14(20)10-24-16)9-13(19)17-8-15(21)22-2/h4-7,16H,3,8-10H2,1-2H3,(H,17,19). The third-order valence-electron chi connectivity index (χ3n) is 3.39. The number of nitrogens with one attached hydrogen (secondary N) is 1. The van der Waals surface area contributed by atoms with Crippen LogP contribution in [0, 0.1) is 0 Å². The van der Waals surface area contributed by atoms with Crippen LogP contribution in [-0.2, 0) is 19.1 Å². The predicted octanol–water partition coefficient (Wildman–Crippen LogP) is 0.948. The molecule has 1 aliphatic heterocycles. The molecule has 0 radical (unpaired) electrons. The van der Waals surface area contributed by atoms with Gasteiger partial charge in [0.1, 0.15) is 24.2 Å². The van der Waals surface area contributed by atoms with Crippen molar-refractivity contribution in [3.63, 3.8) is 0 Å². The van der Waals surface area contributed by atoms with Crippen LogP contribution < -0.4 is 10.1 Å². The van der Waals surface area contributed by atoms with Gasteiger partial charge in [0, 0.05) is 0 Å². The molecular weight excluding hydrogens is 332 g/mol. The van der Waals surface area contributed by atoms with E-state index in [0.29, 0.717) is 12.4 Å². The van der Waals surface area contributed by atoms with E-state index in [1.54, 1.807) is 0 Å². The molecule has 0 aromatic heterocycles. The van der Waals surface area contributed by atoms with Crippen molar-refractivity contribution in [2.75, 3.05) is 32.6 Å². The van der Waals surface area contributed by atoms with Crippen LogP contribution in [0.25, 0.3) is 0 Å². The molecule has 7 nitrogen and oxygen atoms in total. The van der Waals surface area contributed by atoms with Gasteiger partial charge in [0.05, 0.1) is 19.5 Å². The number of rotatable bonds is 7. The van der Waals surface area contributed by atoms with Gasteiger partial charge in [-0.15, -0.1) is 11.8 Å². The van der Waals surface area contributed by atoms with Gasteiger partial charge in [-0.2, -0.15) is 0 Å². The SMILES string of the molecule is CCOc1cccc(C2SCC(=O)N2CC(=O)NCC(=O)OC)c1. The van der Waals surface area contributed by atoms with Crippen LogP contribution in [0.5, 0.6) is 5.75 Å². The van der Waals surface area contributed by atoms with Crippen molar-refractivity contribution < 1.29 is 23.9 Å². The molecule has 8 heteroatoms. The largest absolute Gasteiger partial charge is 0.494 e. The molecule has 1 atom stereocenters. The zero-order valence-electron chi connectivity index (χ0n) is 13.6. The monoisotopic (exact) mass is 352 g/mol. The molecule has 2 rings (SSSR count). The third kappa shape index (κ3) is 4.64. The summed E-state index contributed by atoms with van der Waals surface area (Å²) in [4.78, 5) is 36.6. The molecule has 1 aliphatic rings. The predicted molar refractivity (Wildman–Crippen MR) is 89.5 cm³/mol. The zero-order chi connectivity index (χ0) is 17.5. The van der Waals surface area contributed by atoms with E-state index in [4.69, 9.17) is 4.74 Å². The quantitative estimate of drug-likeness (QED) is 0.736. The maximum Gasteiger partial charge on any atom is 0.325 e. The van der Waals surface area contributed by atoms with Crippen LogP contribution in [0.2, 0.25) is 0 Å². The second-order valence-electron chi connectivity index (χ2n) is 5.04. The van der Waals surface area contributed by atoms with Gasteiger partial charge in [-0.1, -0.05) is 12.1 Å². The smallest absolute Gasteiger partial charge is 0.325 e. The Morgan fingerprint density at radius 1 is 1.42 bits per heavy atom. The van der Waals surface area contributed by atoms with E-state index in [1.807, 2.05) is 31.2 Å². The first-order valence-electron chi connectivity index (χ1n) is 7.52. The van der Waals surface area contributed by atoms with E-state index < -0.39 is 11.9 Å². The molecule has 24 heavy (non-hydrogen) atoms. The van der Waals surface area contributed by atoms with E-state index >= 15 is 0 Å². The number of nitrogens with zero attached hydrogens (tertiary/aromatic N) is 1. The molecule has 1 heterocycles. The number of thioether (sulfide) groups is 1. The van der Waals surface area contributed by atoms with E-state index in [1.165, 1.54) is 23.8 Å². The van der Waals surface area contributed by atoms with Crippen molar-refractivity contribution >= 4 is 29.5 Å². The molecule has 1 aromatic rings. The van der Waals surface area contributed by atoms with Gasteiger partial charge in [-0.05, 0) is 24.6 Å². The molecule has 2 amide bonds. The average molecular weight is 352 g/mol. The van der Waals surface area contributed by atoms with Gasteiger partial charge in [-0.3, -0.25) is 14.4 Å². The van der Waals surface area contributed by atoms with E-state index in [-0.39, 0.29) is 24.4 Å². The second kappa shape index (κ2) is 8.58. The third-order valence-corrected chi connectivity index (χ3v) is 4.65. The highest BCUT2D eigenvalue weighted by Gasteiger charge is 2.34. The first-order valence-corrected chi connectivity index (χ1v) is 8.57. The van der Waals surface area contributed by atoms with Crippen LogP contribution in [0.3, 0.4) is 0 Å². The Balaban J connectivity index is 2.04. The molecular formula is C16H20N2O5S. The molecule has 1 fully saturated rings. The summed E-state index contributed by atoms with van der Waals surface area (Å²) in [5.41, 5.74) is 0.901. The number of ether oxygens (including phenoxy) is 2. The first kappa shape index (κ1) is 18.1. The maximum atomic E-state index is 12.1. The topological polar surface area (TPSA) is 84.9 Å². The highest BCUT2D eigenvalue weighted by molar-refractivity contribution is 8.00. The molecule has 0 bridgehead atoms. The van der Waals surface area contributed by atoms with Crippen LogP contribution in [-0.4, -0.2) is 55.2 Å². The number of hydrogen-bond acceptors (Lipinski definition) is 6. The lowest BCUT2D eigenvalue weighted by atomic mass is 10.2. The van der Waals surface area contributed by atoms with Gasteiger partial charge in [0.25, 0.3) is 0 Å². The molecule has 130 valence electrons. The van der Waals surface area contributed by atoms with Crippen LogP contribution in [0.15, 0.2) is 24.3 Å². The van der Waals surface area contributed by atoms with Gasteiger partial charge in [0.2, 0.25) is 11.8 Å². The average Bonchev–Trinajstić information content (AvgIpc) is 2.94. The van der Waals surface area contributed by atoms with Crippen LogP contribution >= 0.6 is 11.8 Å². The number of benzene rings is 1. The van der Waals surface area contributed by atoms with E-state index in [2.05, 4.69) is 10.1 Å². The number of methoxy groups -OCH3 is 1. The minimum atomic E-state index is -0.536. The van der Waals surface area contributed by atoms with Crippen LogP contribution in [0.4, 0.5) is 0 Å². The Bertz CT molecular complexity index is 622. The number of amides is 2. The number of hydrogen-bond donors (Lipinski definition) is 1. The molecule has 0 aliphatic carbocycles. The summed E-state index contributed by atoms with van der Waals surface area (Å²) in [6.07, 6.45) is 0. The minimum absolute atomic E-state index is 0.105. The summed E-state index contributed by atoms with van der Waals surface area (Å²) >= 11 is 1.46. The normalized spacial score (nSPS) is 16.8. The highest BCUT2D eigenvalue weighted by atomic mass is 32.2. The van der Waals surface area contributed by atoms with Crippen LogP contribution in [0.1, 0.15) is 17.9 Å². The Labute approximate surface area is 144 Å². The molecule has 0 spiro atoms. The molecule has 1 aromatic carbocycles. The summed E-state index contributed by atoms with van der Waals surface area (Å²) in [5, 5.41) is 2.19. The summed E-state index contributed by atoms with van der Waals surface area (Å²) in [6.45, 7) is 2.14. The van der Waals surface area contributed by atoms with Crippen molar-refractivity contribution in [2.24, 2.45) is 0 Å². The van der Waals surface area contributed by atoms with E-state index in [0.717, 1.165) is 11.3 Å². The molecule has 1 saturated heterocycles. The summed E-state index contributed by atoms with van der Waals surface area (Å²) in [7, 11) is 1.25. The Hall–Kier alpha value is -2.22. The lowest BCUT2D eigenvalue weighted by Gasteiger charge is -2.24. The van der Waals surface area contributed by atoms with Gasteiger partial charge >= 0.3 is 5.97 Å². The zero-order valence-corrected chi connectivity index (χ0v) is 14.4. The Morgan fingerprint density at radius 2 is 2.21 bits per heavy atom. The fourth-order valence-corrected chi connectivity index (χ4v) is 3.46. The van der Waals surface area contributed by atoms with Gasteiger partial charge < -0.3 is 19.7 Å². The summed E-state index contributed by atoms with van der Waals surface area (Å²) in [5.74, 6) is -0.00732. The van der Waals surface area contributed by atoms with E-state index in [9.17, 15) is 14.4 Å². The number of carbonyl (C=O) groups is 3. The van der Waals surface area contributed by atoms with Gasteiger partial charge in [0.15, 0.2) is 0 Å². The molecule has 0 saturated carbocycles. The van der Waals surface area contributed by atoms with Crippen molar-refractivity contribution in [3.8, 4) is 5.75 Å². The summed E-state index contributed by atoms with van der Waals surface area (Å²) in [6, 6.07) is 7.48. The van der Waals surface area contributed by atoms with Crippen molar-refractivity contribution in [3.05, 3.63) is 29.8 Å². The Morgan fingerprint density at radius 3 is 2.92 bits per heavy atom. The maximum absolute atomic E-state index is 12.1. The van der Waals surface area contributed by atoms with Crippen molar-refractivity contribution in [1.82, 2.24) is 10.2 Å². The fourth-order valence-electron chi connectivity index (χ4n) is 2.28. The van der Waals surface area contributed by atoms with Crippen molar-refractivity contribution in [1.29, 1.82) is 0 Å². The first-order chi connectivity index (χ1) is 11.5. The Kier molecular flexibility index (Phi) is 6.48. The summed E-state index contributed by atoms with van der Waals surface area (Å²) < 4.78 is 9.95. The number of carbonyl (C=O) groups excluding carboxylic acids is 3. The minimum Gasteiger partial charge on any atom is -0.494 e. The number of esters is 1. The lowest BCUT2D eigenvalue weighted by Crippen LogP contribution is -2.41. The van der Waals surface area contributed by atoms with Gasteiger partial charge in [-0.25, -0.2) is 0 Å². The molecule has 1 unspecified atom stereocenters. The second-order valence-corrected chi connectivity index (χ2v) is 6.11. The fraction of sp³-hybridized carbons (Fsp3) is 0.438. The highest BCUT2D eigenvalue weighted by Crippen LogP contribution is 2.39. The lowest BCUT2D eigenvalue weighted by molar-refractivity contribution is -0.141. The van der Waals surface area contributed by atoms with Crippen molar-refractivity contribution in [2.45, 2.75) is 12.3 Å². The molecule has 1 N–H and O–H groups in total.